The summed E-state index contributed by atoms with van der Waals surface area (Å²) in [5, 5.41) is 5.37. The molecule has 1 heterocycles. The summed E-state index contributed by atoms with van der Waals surface area (Å²) < 4.78 is 5.03. The van der Waals surface area contributed by atoms with Crippen molar-refractivity contribution in [2.75, 3.05) is 20.2 Å². The summed E-state index contributed by atoms with van der Waals surface area (Å²) in [5.74, 6) is -0.662. The molecule has 0 aliphatic carbocycles. The molecule has 1 aliphatic rings. The maximum absolute atomic E-state index is 11.7. The maximum atomic E-state index is 11.7. The van der Waals surface area contributed by atoms with Gasteiger partial charge in [0.15, 0.2) is 0 Å². The van der Waals surface area contributed by atoms with Gasteiger partial charge in [0, 0.05) is 0 Å². The Morgan fingerprint density at radius 1 is 1.32 bits per heavy atom. The van der Waals surface area contributed by atoms with Crippen molar-refractivity contribution in [2.45, 2.75) is 11.7 Å². The minimum absolute atomic E-state index is 0. The normalized spacial score (nSPS) is 16.9. The largest absolute Gasteiger partial charge is 3.00 e. The van der Waals surface area contributed by atoms with Crippen LogP contribution in [0.2, 0.25) is 0 Å². The van der Waals surface area contributed by atoms with Crippen molar-refractivity contribution in [3.63, 3.8) is 0 Å². The summed E-state index contributed by atoms with van der Waals surface area (Å²) in [6, 6.07) is 6.83. The minimum atomic E-state index is -0.401. The van der Waals surface area contributed by atoms with E-state index >= 15 is 0 Å². The molecule has 6 nitrogen and oxygen atoms in total. The molecule has 1 saturated heterocycles. The van der Waals surface area contributed by atoms with Crippen LogP contribution in [0.3, 0.4) is 0 Å². The summed E-state index contributed by atoms with van der Waals surface area (Å²) in [5.41, 5.74) is 1.34. The zero-order valence-corrected chi connectivity index (χ0v) is 15.7. The Morgan fingerprint density at radius 3 is 2.55 bits per heavy atom. The molecule has 0 bridgehead atoms. The number of amides is 2. The van der Waals surface area contributed by atoms with Crippen LogP contribution in [0, 0.1) is 0 Å². The first-order valence-corrected chi connectivity index (χ1v) is 7.31. The van der Waals surface area contributed by atoms with Crippen LogP contribution in [0.15, 0.2) is 24.3 Å². The number of thioether (sulfide) groups is 1. The third-order valence-electron chi connectivity index (χ3n) is 2.93. The second-order valence-corrected chi connectivity index (χ2v) is 5.64. The van der Waals surface area contributed by atoms with Gasteiger partial charge in [-0.2, -0.15) is 7.05 Å². The van der Waals surface area contributed by atoms with Gasteiger partial charge in [0.2, 0.25) is 5.91 Å². The third-order valence-corrected chi connectivity index (χ3v) is 3.91. The Morgan fingerprint density at radius 2 is 2.00 bits per heavy atom. The van der Waals surface area contributed by atoms with E-state index in [1.807, 2.05) is 0 Å². The fourth-order valence-corrected chi connectivity index (χ4v) is 2.69. The zero-order valence-electron chi connectivity index (χ0n) is 12.1. The van der Waals surface area contributed by atoms with Crippen LogP contribution in [0.25, 0.3) is 5.32 Å². The van der Waals surface area contributed by atoms with Gasteiger partial charge in [-0.15, -0.1) is 6.54 Å². The minimum Gasteiger partial charge on any atom is -0.662 e. The van der Waals surface area contributed by atoms with Crippen LogP contribution >= 0.6 is 11.8 Å². The number of hydrogen-bond acceptors (Lipinski definition) is 5. The number of carbonyl (C=O) groups is 3. The van der Waals surface area contributed by atoms with Crippen LogP contribution in [-0.4, -0.2) is 42.6 Å². The van der Waals surface area contributed by atoms with Gasteiger partial charge in [-0.3, -0.25) is 14.9 Å². The van der Waals surface area contributed by atoms with Crippen LogP contribution in [0.4, 0.5) is 4.79 Å². The Balaban J connectivity index is 0.00000242. The molecule has 1 fully saturated rings. The van der Waals surface area contributed by atoms with E-state index < -0.39 is 11.2 Å². The first kappa shape index (κ1) is 19.3. The van der Waals surface area contributed by atoms with Crippen LogP contribution in [0.5, 0.6) is 0 Å². The molecule has 1 aromatic carbocycles. The third kappa shape index (κ3) is 5.46. The van der Waals surface area contributed by atoms with E-state index in [1.54, 1.807) is 31.3 Å². The molecule has 1 aromatic rings. The Hall–Kier alpha value is -0.756. The number of rotatable bonds is 6. The van der Waals surface area contributed by atoms with Gasteiger partial charge in [-0.1, -0.05) is 23.9 Å². The van der Waals surface area contributed by atoms with E-state index in [1.165, 1.54) is 0 Å². The SMILES string of the molecule is C[N-]CCOC(=O)c1ccc(CC2SC(=O)NC2=O)cc1.[Y+3]. The van der Waals surface area contributed by atoms with E-state index in [0.29, 0.717) is 18.5 Å². The molecule has 1 aliphatic heterocycles. The molecule has 2 rings (SSSR count). The summed E-state index contributed by atoms with van der Waals surface area (Å²) >= 11 is 0.991. The average molecular weight is 396 g/mol. The Bertz CT molecular complexity index is 550. The van der Waals surface area contributed by atoms with Gasteiger partial charge in [-0.05, 0) is 24.1 Å². The predicted octanol–water partition coefficient (Wildman–Crippen LogP) is 1.74. The van der Waals surface area contributed by atoms with Gasteiger partial charge in [0.25, 0.3) is 5.24 Å². The van der Waals surface area contributed by atoms with E-state index in [0.717, 1.165) is 17.3 Å². The molecule has 0 spiro atoms. The second kappa shape index (κ2) is 9.40. The number of esters is 1. The average Bonchev–Trinajstić information content (AvgIpc) is 2.78. The molecule has 0 radical (unpaired) electrons. The standard InChI is InChI=1S/C14H15N2O4S.Y/c1-15-6-7-20-13(18)10-4-2-9(3-5-10)8-11-12(17)16-14(19)21-11;/h2-5,11H,6-8H2,1H3,(H,16,17,19);/q-1;+3. The van der Waals surface area contributed by atoms with E-state index in [9.17, 15) is 14.4 Å². The van der Waals surface area contributed by atoms with Crippen molar-refractivity contribution in [3.05, 3.63) is 40.7 Å². The van der Waals surface area contributed by atoms with Crippen LogP contribution < -0.4 is 5.32 Å². The predicted molar refractivity (Wildman–Crippen MR) is 79.5 cm³/mol. The van der Waals surface area contributed by atoms with Gasteiger partial charge in [-0.25, -0.2) is 4.79 Å². The number of nitrogens with zero attached hydrogens (tertiary/aromatic N) is 1. The number of ether oxygens (including phenoxy) is 1. The van der Waals surface area contributed by atoms with Crippen molar-refractivity contribution >= 4 is 28.9 Å². The van der Waals surface area contributed by atoms with E-state index in [4.69, 9.17) is 4.74 Å². The zero-order chi connectivity index (χ0) is 15.2. The van der Waals surface area contributed by atoms with E-state index in [2.05, 4.69) is 10.6 Å². The summed E-state index contributed by atoms with van der Waals surface area (Å²) in [7, 11) is 1.66. The number of likely N-dealkylation sites (N-methyl/N-ethyl adjacent to an activating group) is 1. The molecule has 1 N–H and O–H groups in total. The van der Waals surface area contributed by atoms with Crippen molar-refractivity contribution in [3.8, 4) is 0 Å². The fraction of sp³-hybridized carbons (Fsp3) is 0.357. The summed E-state index contributed by atoms with van der Waals surface area (Å²) in [6.07, 6.45) is 0.451. The molecular weight excluding hydrogens is 381 g/mol. The van der Waals surface area contributed by atoms with E-state index in [-0.39, 0.29) is 50.5 Å². The molecule has 0 aromatic heterocycles. The molecule has 1 atom stereocenters. The molecule has 0 saturated carbocycles. The van der Waals surface area contributed by atoms with Gasteiger partial charge in [0.05, 0.1) is 17.4 Å². The van der Waals surface area contributed by atoms with Gasteiger partial charge in [0.1, 0.15) is 0 Å². The van der Waals surface area contributed by atoms with Crippen molar-refractivity contribution < 1.29 is 51.8 Å². The molecule has 112 valence electrons. The summed E-state index contributed by atoms with van der Waals surface area (Å²) in [6.45, 7) is 0.740. The summed E-state index contributed by atoms with van der Waals surface area (Å²) in [4.78, 5) is 34.3. The molecule has 22 heavy (non-hydrogen) atoms. The van der Waals surface area contributed by atoms with Crippen molar-refractivity contribution in [1.82, 2.24) is 5.32 Å². The Kier molecular flexibility index (Phi) is 8.24. The molecular formula is C14H15N2O4SY+2. The first-order chi connectivity index (χ1) is 10.1. The molecule has 1 unspecified atom stereocenters. The quantitative estimate of drug-likeness (QED) is 0.585. The Labute approximate surface area is 158 Å². The smallest absolute Gasteiger partial charge is 0.662 e. The van der Waals surface area contributed by atoms with Crippen molar-refractivity contribution in [2.24, 2.45) is 0 Å². The number of carbonyl (C=O) groups excluding carboxylic acids is 3. The number of nitrogens with one attached hydrogen (secondary N) is 1. The van der Waals surface area contributed by atoms with Gasteiger partial charge >= 0.3 is 38.7 Å². The topological polar surface area (TPSA) is 86.6 Å². The first-order valence-electron chi connectivity index (χ1n) is 6.43. The molecule has 2 amide bonds. The second-order valence-electron chi connectivity index (χ2n) is 4.46. The number of hydrogen-bond donors (Lipinski definition) is 1. The fourth-order valence-electron chi connectivity index (χ4n) is 1.83. The monoisotopic (exact) mass is 396 g/mol. The van der Waals surface area contributed by atoms with Crippen molar-refractivity contribution in [1.29, 1.82) is 0 Å². The van der Waals surface area contributed by atoms with Gasteiger partial charge < -0.3 is 10.1 Å². The van der Waals surface area contributed by atoms with Crippen LogP contribution in [-0.2, 0) is 48.7 Å². The maximum Gasteiger partial charge on any atom is 3.00 e. The number of benzene rings is 1. The number of imide groups is 1. The van der Waals surface area contributed by atoms with Crippen LogP contribution in [0.1, 0.15) is 15.9 Å². The molecule has 8 heteroatoms.